The van der Waals surface area contributed by atoms with Crippen LogP contribution in [0.15, 0.2) is 34.5 Å². The number of nitrogens with two attached hydrogens (primary N) is 1. The molecule has 2 saturated heterocycles. The molecular formula is C19H25N7O13P2S2. The second-order valence-electron chi connectivity index (χ2n) is 9.30. The Morgan fingerprint density at radius 1 is 0.907 bits per heavy atom. The predicted octanol–water partition coefficient (Wildman–Crippen LogP) is -3.32. The van der Waals surface area contributed by atoms with E-state index in [9.17, 15) is 39.8 Å². The Balaban J connectivity index is 1.16. The van der Waals surface area contributed by atoms with Crippen LogP contribution in [-0.4, -0.2) is 109 Å². The minimum Gasteiger partial charge on any atom is -0.387 e. The molecule has 3 aromatic rings. The lowest BCUT2D eigenvalue weighted by molar-refractivity contribution is -0.0533. The van der Waals surface area contributed by atoms with Gasteiger partial charge >= 0.3 is 19.1 Å². The largest absolute Gasteiger partial charge is 0.387 e. The summed E-state index contributed by atoms with van der Waals surface area (Å²) in [4.78, 5) is 58.2. The zero-order valence-electron chi connectivity index (χ0n) is 21.4. The van der Waals surface area contributed by atoms with Gasteiger partial charge < -0.3 is 54.5 Å². The van der Waals surface area contributed by atoms with Gasteiger partial charge in [0.1, 0.15) is 48.5 Å². The number of H-pyrrole nitrogens is 1. The molecule has 3 aromatic heterocycles. The number of aliphatic hydroxyl groups excluding tert-OH is 4. The number of nitrogens with one attached hydrogen (secondary N) is 1. The van der Waals surface area contributed by atoms with E-state index in [1.54, 1.807) is 0 Å². The van der Waals surface area contributed by atoms with E-state index in [1.165, 1.54) is 17.2 Å². The van der Waals surface area contributed by atoms with Crippen LogP contribution < -0.4 is 17.0 Å². The Labute approximate surface area is 249 Å². The number of hydrogen-bond donors (Lipinski definition) is 8. The van der Waals surface area contributed by atoms with Gasteiger partial charge in [0.25, 0.3) is 5.56 Å². The van der Waals surface area contributed by atoms with Crippen molar-refractivity contribution in [1.29, 1.82) is 0 Å². The summed E-state index contributed by atoms with van der Waals surface area (Å²) in [5, 5.41) is 41.7. The number of anilines is 1. The maximum atomic E-state index is 12.0. The molecule has 0 amide bonds. The molecule has 0 aromatic carbocycles. The predicted molar refractivity (Wildman–Crippen MR) is 149 cm³/mol. The molecule has 236 valence electrons. The summed E-state index contributed by atoms with van der Waals surface area (Å²) < 4.78 is 28.5. The highest BCUT2D eigenvalue weighted by atomic mass is 32.5. The SMILES string of the molecule is Nc1ncnc2c1ncn2[C@@H]1O[C@H](COP(O)(=S)OP(O)(=S)OC[C@H]2O[C@@H](n3ccc(=O)[nH]c3=O)[C@H](O)[C@@H]2O)[C@@H](O)[C@H]1O. The van der Waals surface area contributed by atoms with E-state index in [1.807, 2.05) is 4.98 Å². The van der Waals surface area contributed by atoms with Crippen molar-refractivity contribution in [2.45, 2.75) is 49.1 Å². The number of hydrogen-bond acceptors (Lipinski definition) is 17. The van der Waals surface area contributed by atoms with Crippen molar-refractivity contribution in [2.75, 3.05) is 18.9 Å². The minimum absolute atomic E-state index is 0.0889. The summed E-state index contributed by atoms with van der Waals surface area (Å²) in [6.07, 6.45) is -7.94. The van der Waals surface area contributed by atoms with E-state index >= 15 is 0 Å². The molecule has 10 atom stereocenters. The van der Waals surface area contributed by atoms with Crippen LogP contribution in [0.3, 0.4) is 0 Å². The zero-order valence-corrected chi connectivity index (χ0v) is 24.8. The minimum atomic E-state index is -4.37. The summed E-state index contributed by atoms with van der Waals surface area (Å²) in [5.74, 6) is 0.0889. The molecule has 0 radical (unpaired) electrons. The Morgan fingerprint density at radius 2 is 1.47 bits per heavy atom. The van der Waals surface area contributed by atoms with Crippen molar-refractivity contribution in [3.8, 4) is 0 Å². The van der Waals surface area contributed by atoms with E-state index in [4.69, 9.17) is 52.2 Å². The van der Waals surface area contributed by atoms with Gasteiger partial charge in [0.2, 0.25) is 0 Å². The molecule has 0 saturated carbocycles. The summed E-state index contributed by atoms with van der Waals surface area (Å²) in [5.41, 5.74) is 4.64. The fraction of sp³-hybridized carbons (Fsp3) is 0.526. The molecular weight excluding hydrogens is 660 g/mol. The smallest absolute Gasteiger partial charge is 0.331 e. The molecule has 43 heavy (non-hydrogen) atoms. The van der Waals surface area contributed by atoms with E-state index in [0.29, 0.717) is 0 Å². The highest BCUT2D eigenvalue weighted by Gasteiger charge is 2.47. The molecule has 2 fully saturated rings. The number of aromatic amines is 1. The van der Waals surface area contributed by atoms with Crippen LogP contribution in [0.1, 0.15) is 12.5 Å². The summed E-state index contributed by atoms with van der Waals surface area (Å²) in [6, 6.07) is 1.00. The first-order valence-corrected chi connectivity index (χ1v) is 17.3. The average Bonchev–Trinajstić information content (AvgIpc) is 3.57. The van der Waals surface area contributed by atoms with Crippen molar-refractivity contribution >= 4 is 54.0 Å². The van der Waals surface area contributed by atoms with Gasteiger partial charge in [-0.3, -0.25) is 18.9 Å². The second-order valence-corrected chi connectivity index (χ2v) is 15.1. The number of nitrogen functional groups attached to an aromatic ring is 1. The Kier molecular flexibility index (Phi) is 9.27. The molecule has 2 aliphatic heterocycles. The van der Waals surface area contributed by atoms with Gasteiger partial charge in [0.05, 0.1) is 19.5 Å². The van der Waals surface area contributed by atoms with Crippen molar-refractivity contribution < 1.29 is 53.0 Å². The average molecular weight is 686 g/mol. The third-order valence-corrected chi connectivity index (χ3v) is 10.9. The Morgan fingerprint density at radius 3 is 2.02 bits per heavy atom. The topological polar surface area (TPSA) is 292 Å². The highest BCUT2D eigenvalue weighted by Crippen LogP contribution is 2.61. The first kappa shape index (κ1) is 32.3. The lowest BCUT2D eigenvalue weighted by Crippen LogP contribution is -2.37. The van der Waals surface area contributed by atoms with Crippen molar-refractivity contribution in [2.24, 2.45) is 0 Å². The molecule has 2 unspecified atom stereocenters. The molecule has 2 aliphatic rings. The van der Waals surface area contributed by atoms with Crippen LogP contribution in [0.5, 0.6) is 0 Å². The highest BCUT2D eigenvalue weighted by molar-refractivity contribution is 8.14. The van der Waals surface area contributed by atoms with Gasteiger partial charge in [0.15, 0.2) is 23.9 Å². The van der Waals surface area contributed by atoms with Crippen molar-refractivity contribution in [1.82, 2.24) is 29.1 Å². The molecule has 20 nitrogen and oxygen atoms in total. The Bertz CT molecular complexity index is 1710. The number of rotatable bonds is 10. The van der Waals surface area contributed by atoms with Gasteiger partial charge in [-0.05, 0) is 23.6 Å². The maximum absolute atomic E-state index is 12.0. The summed E-state index contributed by atoms with van der Waals surface area (Å²) in [7, 11) is 0. The monoisotopic (exact) mass is 685 g/mol. The maximum Gasteiger partial charge on any atom is 0.331 e. The van der Waals surface area contributed by atoms with Crippen LogP contribution >= 0.6 is 13.4 Å². The Hall–Kier alpha value is -2.11. The van der Waals surface area contributed by atoms with Crippen LogP contribution in [0.4, 0.5) is 5.82 Å². The van der Waals surface area contributed by atoms with Gasteiger partial charge in [-0.15, -0.1) is 0 Å². The summed E-state index contributed by atoms with van der Waals surface area (Å²) in [6.45, 7) is -10.0. The van der Waals surface area contributed by atoms with E-state index < -0.39 is 87.0 Å². The molecule has 9 N–H and O–H groups in total. The van der Waals surface area contributed by atoms with Crippen LogP contribution in [0.25, 0.3) is 11.2 Å². The lowest BCUT2D eigenvalue weighted by atomic mass is 10.1. The third kappa shape index (κ3) is 6.78. The molecule has 0 spiro atoms. The normalized spacial score (nSPS) is 32.1. The fourth-order valence-electron chi connectivity index (χ4n) is 4.39. The van der Waals surface area contributed by atoms with Crippen molar-refractivity contribution in [3.63, 3.8) is 0 Å². The molecule has 5 rings (SSSR count). The summed E-state index contributed by atoms with van der Waals surface area (Å²) >= 11 is 9.76. The zero-order chi connectivity index (χ0) is 31.3. The molecule has 0 bridgehead atoms. The number of ether oxygens (including phenoxy) is 2. The first-order chi connectivity index (χ1) is 20.2. The van der Waals surface area contributed by atoms with Gasteiger partial charge in [-0.1, -0.05) is 0 Å². The van der Waals surface area contributed by atoms with Crippen LogP contribution in [-0.2, 0) is 46.4 Å². The second kappa shape index (κ2) is 12.4. The van der Waals surface area contributed by atoms with E-state index in [2.05, 4.69) is 15.0 Å². The number of aliphatic hydroxyl groups is 4. The van der Waals surface area contributed by atoms with Crippen LogP contribution in [0, 0.1) is 0 Å². The number of aromatic nitrogens is 6. The molecule has 24 heteroatoms. The van der Waals surface area contributed by atoms with Gasteiger partial charge in [0, 0.05) is 12.3 Å². The standard InChI is InChI=1S/C19H25N7O13P2S2/c20-15-10-16(22-5-21-15)26(6-23-10)18-14(31)12(29)8(38-18)4-36-41(34,43)39-40(33,42)35-3-7-11(28)13(30)17(37-7)25-2-1-9(27)24-19(25)32/h1-2,5-8,11-14,17-18,28-31H,3-4H2,(H,33,42)(H,34,43)(H2,20,21,22)(H,24,27,32)/t7-,8-,11-,12-,13-,14-,17-,18-,40?,41?/m1/s1. The number of imidazole rings is 1. The quantitative estimate of drug-likeness (QED) is 0.0969. The van der Waals surface area contributed by atoms with Gasteiger partial charge in [-0.2, -0.15) is 0 Å². The van der Waals surface area contributed by atoms with Crippen molar-refractivity contribution in [3.05, 3.63) is 45.8 Å². The number of fused-ring (bicyclic) bond motifs is 1. The van der Waals surface area contributed by atoms with Gasteiger partial charge in [-0.25, -0.2) is 24.1 Å². The fourth-order valence-corrected chi connectivity index (χ4v) is 8.85. The lowest BCUT2D eigenvalue weighted by Gasteiger charge is -2.24. The van der Waals surface area contributed by atoms with E-state index in [0.717, 1.165) is 16.8 Å². The number of nitrogens with zero attached hydrogens (tertiary/aromatic N) is 5. The van der Waals surface area contributed by atoms with E-state index in [-0.39, 0.29) is 17.0 Å². The van der Waals surface area contributed by atoms with Crippen LogP contribution in [0.2, 0.25) is 0 Å². The molecule has 0 aliphatic carbocycles. The third-order valence-electron chi connectivity index (χ3n) is 6.47. The molecule has 5 heterocycles. The first-order valence-electron chi connectivity index (χ1n) is 12.1.